The minimum Gasteiger partial charge on any atom is -0.317 e. The molecule has 0 atom stereocenters. The van der Waals surface area contributed by atoms with Gasteiger partial charge in [-0.25, -0.2) is 4.72 Å². The van der Waals surface area contributed by atoms with Crippen LogP contribution in [0.25, 0.3) is 0 Å². The van der Waals surface area contributed by atoms with Crippen LogP contribution in [0.15, 0.2) is 0 Å². The fraction of sp³-hybridized carbons (Fsp3) is 1.00. The van der Waals surface area contributed by atoms with E-state index in [1.165, 1.54) is 7.05 Å². The van der Waals surface area contributed by atoms with Gasteiger partial charge in [0.25, 0.3) is 10.2 Å². The second-order valence-electron chi connectivity index (χ2n) is 3.39. The molecule has 1 aliphatic rings. The van der Waals surface area contributed by atoms with Gasteiger partial charge in [-0.15, -0.1) is 0 Å². The zero-order valence-electron chi connectivity index (χ0n) is 8.78. The first kappa shape index (κ1) is 11.9. The molecule has 2 N–H and O–H groups in total. The molecule has 1 saturated heterocycles. The molecule has 0 aromatic rings. The average molecular weight is 221 g/mol. The van der Waals surface area contributed by atoms with Crippen molar-refractivity contribution < 1.29 is 8.42 Å². The minimum atomic E-state index is -3.25. The summed E-state index contributed by atoms with van der Waals surface area (Å²) in [6.07, 6.45) is 1.80. The second kappa shape index (κ2) is 5.06. The molecule has 0 saturated carbocycles. The Bertz CT molecular complexity index is 260. The molecule has 84 valence electrons. The van der Waals surface area contributed by atoms with Crippen molar-refractivity contribution >= 4 is 10.2 Å². The van der Waals surface area contributed by atoms with Crippen LogP contribution in [0.5, 0.6) is 0 Å². The van der Waals surface area contributed by atoms with Gasteiger partial charge in [0.1, 0.15) is 0 Å². The molecule has 6 heteroatoms. The maximum absolute atomic E-state index is 11.6. The van der Waals surface area contributed by atoms with Gasteiger partial charge in [-0.1, -0.05) is 6.92 Å². The Kier molecular flexibility index (Phi) is 4.31. The van der Waals surface area contributed by atoms with Crippen molar-refractivity contribution in [1.82, 2.24) is 14.3 Å². The maximum Gasteiger partial charge on any atom is 0.279 e. The fourth-order valence-electron chi connectivity index (χ4n) is 1.84. The van der Waals surface area contributed by atoms with Crippen LogP contribution in [0, 0.1) is 0 Å². The number of hydrogen-bond acceptors (Lipinski definition) is 3. The van der Waals surface area contributed by atoms with Crippen LogP contribution in [-0.2, 0) is 10.2 Å². The molecule has 1 rings (SSSR count). The van der Waals surface area contributed by atoms with Crippen molar-refractivity contribution in [3.8, 4) is 0 Å². The van der Waals surface area contributed by atoms with Crippen molar-refractivity contribution in [1.29, 1.82) is 0 Å². The highest BCUT2D eigenvalue weighted by Crippen LogP contribution is 2.14. The first-order chi connectivity index (χ1) is 6.61. The predicted octanol–water partition coefficient (Wildman–Crippen LogP) is -0.475. The third-order valence-electron chi connectivity index (χ3n) is 2.59. The smallest absolute Gasteiger partial charge is 0.279 e. The lowest BCUT2D eigenvalue weighted by atomic mass is 10.1. The Morgan fingerprint density at radius 2 is 2.00 bits per heavy atom. The highest BCUT2D eigenvalue weighted by Gasteiger charge is 2.28. The summed E-state index contributed by atoms with van der Waals surface area (Å²) in [6.45, 7) is 4.21. The summed E-state index contributed by atoms with van der Waals surface area (Å²) in [6, 6.07) is 0.152. The molecule has 0 amide bonds. The third-order valence-corrected chi connectivity index (χ3v) is 4.28. The lowest BCUT2D eigenvalue weighted by Crippen LogP contribution is -2.49. The van der Waals surface area contributed by atoms with Gasteiger partial charge in [0.2, 0.25) is 0 Å². The highest BCUT2D eigenvalue weighted by molar-refractivity contribution is 7.87. The van der Waals surface area contributed by atoms with Crippen LogP contribution in [0.3, 0.4) is 0 Å². The van der Waals surface area contributed by atoms with E-state index in [1.807, 2.05) is 6.92 Å². The zero-order chi connectivity index (χ0) is 10.6. The molecular formula is C8H19N3O2S. The standard InChI is InChI=1S/C8H19N3O2S/c1-3-11(14(12,13)9-2)8-4-6-10-7-5-8/h8-10H,3-7H2,1-2H3. The number of nitrogens with one attached hydrogen (secondary N) is 2. The van der Waals surface area contributed by atoms with Crippen LogP contribution >= 0.6 is 0 Å². The van der Waals surface area contributed by atoms with Crippen molar-refractivity contribution in [2.75, 3.05) is 26.7 Å². The number of hydrogen-bond donors (Lipinski definition) is 2. The molecule has 0 radical (unpaired) electrons. The van der Waals surface area contributed by atoms with Crippen LogP contribution in [0.2, 0.25) is 0 Å². The van der Waals surface area contributed by atoms with E-state index in [0.717, 1.165) is 25.9 Å². The lowest BCUT2D eigenvalue weighted by Gasteiger charge is -2.32. The largest absolute Gasteiger partial charge is 0.317 e. The molecule has 0 aromatic carbocycles. The minimum absolute atomic E-state index is 0.152. The van der Waals surface area contributed by atoms with E-state index in [9.17, 15) is 8.42 Å². The van der Waals surface area contributed by atoms with Crippen LogP contribution in [0.1, 0.15) is 19.8 Å². The molecule has 0 aliphatic carbocycles. The summed E-state index contributed by atoms with van der Waals surface area (Å²) in [5, 5.41) is 3.22. The molecule has 0 aromatic heterocycles. The predicted molar refractivity (Wildman–Crippen MR) is 56.3 cm³/mol. The van der Waals surface area contributed by atoms with E-state index < -0.39 is 10.2 Å². The van der Waals surface area contributed by atoms with Gasteiger partial charge in [0, 0.05) is 19.6 Å². The summed E-state index contributed by atoms with van der Waals surface area (Å²) in [5.41, 5.74) is 0. The zero-order valence-corrected chi connectivity index (χ0v) is 9.60. The summed E-state index contributed by atoms with van der Waals surface area (Å²) in [5.74, 6) is 0. The molecular weight excluding hydrogens is 202 g/mol. The number of rotatable bonds is 4. The molecule has 1 heterocycles. The SMILES string of the molecule is CCN(C1CCNCC1)S(=O)(=O)NC. The van der Waals surface area contributed by atoms with Gasteiger partial charge in [0.15, 0.2) is 0 Å². The Morgan fingerprint density at radius 3 is 2.43 bits per heavy atom. The van der Waals surface area contributed by atoms with E-state index in [1.54, 1.807) is 4.31 Å². The van der Waals surface area contributed by atoms with Gasteiger partial charge in [-0.3, -0.25) is 0 Å². The third kappa shape index (κ3) is 2.66. The van der Waals surface area contributed by atoms with Crippen molar-refractivity contribution in [3.05, 3.63) is 0 Å². The Balaban J connectivity index is 2.70. The van der Waals surface area contributed by atoms with Crippen LogP contribution in [-0.4, -0.2) is 45.4 Å². The van der Waals surface area contributed by atoms with E-state index >= 15 is 0 Å². The average Bonchev–Trinajstić information content (AvgIpc) is 2.20. The van der Waals surface area contributed by atoms with Crippen molar-refractivity contribution in [3.63, 3.8) is 0 Å². The number of nitrogens with zero attached hydrogens (tertiary/aromatic N) is 1. The normalized spacial score (nSPS) is 20.2. The Labute approximate surface area is 86.0 Å². The summed E-state index contributed by atoms with van der Waals surface area (Å²) >= 11 is 0. The Hall–Kier alpha value is -0.170. The monoisotopic (exact) mass is 221 g/mol. The lowest BCUT2D eigenvalue weighted by molar-refractivity contribution is 0.268. The van der Waals surface area contributed by atoms with E-state index in [-0.39, 0.29) is 6.04 Å². The topological polar surface area (TPSA) is 61.4 Å². The molecule has 1 aliphatic heterocycles. The summed E-state index contributed by atoms with van der Waals surface area (Å²) in [4.78, 5) is 0. The van der Waals surface area contributed by atoms with E-state index in [2.05, 4.69) is 10.0 Å². The first-order valence-electron chi connectivity index (χ1n) is 5.03. The van der Waals surface area contributed by atoms with Gasteiger partial charge >= 0.3 is 0 Å². The van der Waals surface area contributed by atoms with E-state index in [0.29, 0.717) is 6.54 Å². The molecule has 0 spiro atoms. The maximum atomic E-state index is 11.6. The second-order valence-corrected chi connectivity index (χ2v) is 5.22. The van der Waals surface area contributed by atoms with Crippen molar-refractivity contribution in [2.45, 2.75) is 25.8 Å². The van der Waals surface area contributed by atoms with Gasteiger partial charge in [-0.2, -0.15) is 12.7 Å². The van der Waals surface area contributed by atoms with Gasteiger partial charge < -0.3 is 5.32 Å². The summed E-state index contributed by atoms with van der Waals surface area (Å²) in [7, 11) is -1.80. The highest BCUT2D eigenvalue weighted by atomic mass is 32.2. The van der Waals surface area contributed by atoms with Crippen LogP contribution in [0.4, 0.5) is 0 Å². The van der Waals surface area contributed by atoms with Gasteiger partial charge in [0.05, 0.1) is 0 Å². The first-order valence-corrected chi connectivity index (χ1v) is 6.47. The van der Waals surface area contributed by atoms with Crippen LogP contribution < -0.4 is 10.0 Å². The fourth-order valence-corrected chi connectivity index (χ4v) is 3.01. The molecule has 14 heavy (non-hydrogen) atoms. The Morgan fingerprint density at radius 1 is 1.43 bits per heavy atom. The van der Waals surface area contributed by atoms with E-state index in [4.69, 9.17) is 0 Å². The number of piperidine rings is 1. The summed E-state index contributed by atoms with van der Waals surface area (Å²) < 4.78 is 27.2. The molecule has 1 fully saturated rings. The molecule has 0 bridgehead atoms. The van der Waals surface area contributed by atoms with Crippen molar-refractivity contribution in [2.24, 2.45) is 0 Å². The quantitative estimate of drug-likeness (QED) is 0.674. The molecule has 5 nitrogen and oxygen atoms in total. The molecule has 0 unspecified atom stereocenters. The van der Waals surface area contributed by atoms with Gasteiger partial charge in [-0.05, 0) is 25.9 Å².